The van der Waals surface area contributed by atoms with Gasteiger partial charge in [-0.15, -0.1) is 4.72 Å². The molecule has 208 valence electrons. The van der Waals surface area contributed by atoms with Crippen molar-refractivity contribution < 1.29 is 8.98 Å². The minimum Gasteiger partial charge on any atom is -0.598 e. The molecule has 0 spiro atoms. The van der Waals surface area contributed by atoms with Gasteiger partial charge in [-0.05, 0) is 76.2 Å². The van der Waals surface area contributed by atoms with E-state index in [2.05, 4.69) is 61.9 Å². The van der Waals surface area contributed by atoms with E-state index in [9.17, 15) is 4.55 Å². The Morgan fingerprint density at radius 1 is 1.00 bits per heavy atom. The first-order valence-electron chi connectivity index (χ1n) is 13.4. The standard InChI is InChI=1S/C30H41N5O2SSi/c1-21(34-38(36)29(2,3)4)25-13-11-14-26(33-25)22-16-17-23-19-31-35(27(23)18-22)28-15-10-12-24(32-28)20-37-39(8,9)30(5,6)7/h10-19,21,34H,20H2,1-9H3/t21-,38?/m1/s1. The molecule has 0 aliphatic heterocycles. The van der Waals surface area contributed by atoms with Crippen LogP contribution in [0.25, 0.3) is 28.0 Å². The number of aromatic nitrogens is 4. The zero-order valence-electron chi connectivity index (χ0n) is 24.6. The zero-order chi connectivity index (χ0) is 28.6. The minimum absolute atomic E-state index is 0.141. The molecule has 9 heteroatoms. The highest BCUT2D eigenvalue weighted by molar-refractivity contribution is 7.90. The van der Waals surface area contributed by atoms with Crippen LogP contribution in [0.1, 0.15) is 65.9 Å². The lowest BCUT2D eigenvalue weighted by Gasteiger charge is -2.36. The van der Waals surface area contributed by atoms with E-state index in [1.807, 2.05) is 75.0 Å². The topological polar surface area (TPSA) is 87.9 Å². The lowest BCUT2D eigenvalue weighted by molar-refractivity contribution is 0.272. The summed E-state index contributed by atoms with van der Waals surface area (Å²) in [5.41, 5.74) is 4.51. The molecule has 0 saturated heterocycles. The predicted molar refractivity (Wildman–Crippen MR) is 164 cm³/mol. The quantitative estimate of drug-likeness (QED) is 0.181. The molecule has 0 saturated carbocycles. The summed E-state index contributed by atoms with van der Waals surface area (Å²) in [6.45, 7) is 19.6. The van der Waals surface area contributed by atoms with Gasteiger partial charge in [0.05, 0.1) is 41.4 Å². The predicted octanol–water partition coefficient (Wildman–Crippen LogP) is 7.12. The summed E-state index contributed by atoms with van der Waals surface area (Å²) in [6.07, 6.45) is 1.86. The highest BCUT2D eigenvalue weighted by Gasteiger charge is 2.37. The van der Waals surface area contributed by atoms with Gasteiger partial charge in [-0.1, -0.05) is 45.0 Å². The van der Waals surface area contributed by atoms with Gasteiger partial charge in [0, 0.05) is 22.3 Å². The van der Waals surface area contributed by atoms with Crippen molar-refractivity contribution in [2.75, 3.05) is 0 Å². The molecular formula is C30H41N5O2SSi. The molecule has 0 bridgehead atoms. The van der Waals surface area contributed by atoms with Gasteiger partial charge in [0.1, 0.15) is 4.75 Å². The van der Waals surface area contributed by atoms with Gasteiger partial charge in [0.25, 0.3) is 0 Å². The molecule has 3 heterocycles. The fraction of sp³-hybridized carbons (Fsp3) is 0.433. The van der Waals surface area contributed by atoms with Crippen molar-refractivity contribution in [1.82, 2.24) is 24.5 Å². The second-order valence-corrected chi connectivity index (χ2v) is 19.3. The molecule has 0 aliphatic rings. The van der Waals surface area contributed by atoms with Crippen molar-refractivity contribution in [3.63, 3.8) is 0 Å². The molecule has 39 heavy (non-hydrogen) atoms. The molecule has 0 fully saturated rings. The van der Waals surface area contributed by atoms with E-state index < -0.39 is 19.7 Å². The van der Waals surface area contributed by atoms with Gasteiger partial charge >= 0.3 is 0 Å². The molecule has 2 atom stereocenters. The molecule has 7 nitrogen and oxygen atoms in total. The monoisotopic (exact) mass is 563 g/mol. The fourth-order valence-corrected chi connectivity index (χ4v) is 5.48. The number of fused-ring (bicyclic) bond motifs is 1. The maximum absolute atomic E-state index is 12.6. The number of nitrogens with one attached hydrogen (secondary N) is 1. The summed E-state index contributed by atoms with van der Waals surface area (Å²) in [5, 5.41) is 5.81. The molecule has 0 radical (unpaired) electrons. The third kappa shape index (κ3) is 6.78. The van der Waals surface area contributed by atoms with Gasteiger partial charge in [-0.25, -0.2) is 9.67 Å². The Hall–Kier alpha value is -2.56. The third-order valence-electron chi connectivity index (χ3n) is 7.32. The van der Waals surface area contributed by atoms with Gasteiger partial charge < -0.3 is 8.98 Å². The molecule has 4 aromatic rings. The van der Waals surface area contributed by atoms with Gasteiger partial charge in [0.15, 0.2) is 14.1 Å². The van der Waals surface area contributed by atoms with Crippen LogP contribution in [0, 0.1) is 0 Å². The molecule has 3 aromatic heterocycles. The Labute approximate surface area is 236 Å². The van der Waals surface area contributed by atoms with Crippen LogP contribution in [0.4, 0.5) is 0 Å². The largest absolute Gasteiger partial charge is 0.598 e. The highest BCUT2D eigenvalue weighted by Crippen LogP contribution is 2.37. The van der Waals surface area contributed by atoms with E-state index in [1.165, 1.54) is 0 Å². The molecule has 0 aliphatic carbocycles. The zero-order valence-corrected chi connectivity index (χ0v) is 26.4. The van der Waals surface area contributed by atoms with E-state index in [-0.39, 0.29) is 15.8 Å². The fourth-order valence-electron chi connectivity index (χ4n) is 3.75. The number of rotatable bonds is 8. The number of nitrogens with zero attached hydrogens (tertiary/aromatic N) is 4. The van der Waals surface area contributed by atoms with Gasteiger partial charge in [0.2, 0.25) is 0 Å². The lowest BCUT2D eigenvalue weighted by atomic mass is 10.1. The SMILES string of the molecule is C[C@@H](N[S+]([O-])C(C)(C)C)c1cccc(-c2ccc3cnn(-c4cccc(CO[Si](C)(C)C(C)(C)C)n4)c3c2)n1. The van der Waals surface area contributed by atoms with E-state index in [0.717, 1.165) is 39.4 Å². The van der Waals surface area contributed by atoms with Crippen molar-refractivity contribution in [3.05, 3.63) is 72.2 Å². The first-order chi connectivity index (χ1) is 18.2. The molecular weight excluding hydrogens is 523 g/mol. The Morgan fingerprint density at radius 3 is 2.41 bits per heavy atom. The second kappa shape index (κ2) is 11.1. The third-order valence-corrected chi connectivity index (χ3v) is 13.5. The summed E-state index contributed by atoms with van der Waals surface area (Å²) in [5.74, 6) is 0.752. The van der Waals surface area contributed by atoms with Crippen LogP contribution in [-0.2, 0) is 22.4 Å². The van der Waals surface area contributed by atoms with Crippen molar-refractivity contribution in [2.45, 2.75) is 84.0 Å². The molecule has 1 unspecified atom stereocenters. The lowest BCUT2D eigenvalue weighted by Crippen LogP contribution is -2.40. The summed E-state index contributed by atoms with van der Waals surface area (Å²) in [6, 6.07) is 18.0. The highest BCUT2D eigenvalue weighted by atomic mass is 32.2. The average molecular weight is 564 g/mol. The number of hydrogen-bond donors (Lipinski definition) is 1. The van der Waals surface area contributed by atoms with Crippen LogP contribution in [0.2, 0.25) is 18.1 Å². The Kier molecular flexibility index (Phi) is 8.40. The molecule has 0 amide bonds. The van der Waals surface area contributed by atoms with Crippen molar-refractivity contribution in [2.24, 2.45) is 0 Å². The summed E-state index contributed by atoms with van der Waals surface area (Å²) in [7, 11) is -1.88. The Morgan fingerprint density at radius 2 is 1.72 bits per heavy atom. The van der Waals surface area contributed by atoms with E-state index >= 15 is 0 Å². The Balaban J connectivity index is 1.61. The van der Waals surface area contributed by atoms with Crippen LogP contribution in [0.15, 0.2) is 60.8 Å². The summed E-state index contributed by atoms with van der Waals surface area (Å²) >= 11 is -1.19. The van der Waals surface area contributed by atoms with Gasteiger partial charge in [-0.3, -0.25) is 4.98 Å². The van der Waals surface area contributed by atoms with Crippen LogP contribution < -0.4 is 4.72 Å². The van der Waals surface area contributed by atoms with Crippen molar-refractivity contribution in [3.8, 4) is 17.1 Å². The van der Waals surface area contributed by atoms with Crippen LogP contribution in [-0.4, -0.2) is 37.4 Å². The number of hydrogen-bond acceptors (Lipinski definition) is 6. The molecule has 1 aromatic carbocycles. The van der Waals surface area contributed by atoms with E-state index in [1.54, 1.807) is 0 Å². The molecule has 4 rings (SSSR count). The van der Waals surface area contributed by atoms with Crippen LogP contribution in [0.3, 0.4) is 0 Å². The van der Waals surface area contributed by atoms with E-state index in [4.69, 9.17) is 14.4 Å². The normalized spacial score (nSPS) is 14.5. The average Bonchev–Trinajstić information content (AvgIpc) is 3.30. The van der Waals surface area contributed by atoms with Crippen LogP contribution >= 0.6 is 0 Å². The maximum Gasteiger partial charge on any atom is 0.192 e. The summed E-state index contributed by atoms with van der Waals surface area (Å²) < 4.78 is 23.7. The van der Waals surface area contributed by atoms with E-state index in [0.29, 0.717) is 6.61 Å². The Bertz CT molecular complexity index is 1440. The molecule has 1 N–H and O–H groups in total. The van der Waals surface area contributed by atoms with Crippen molar-refractivity contribution >= 4 is 30.6 Å². The van der Waals surface area contributed by atoms with Crippen molar-refractivity contribution in [1.29, 1.82) is 0 Å². The first-order valence-corrected chi connectivity index (χ1v) is 17.4. The maximum atomic E-state index is 12.6. The number of benzene rings is 1. The summed E-state index contributed by atoms with van der Waals surface area (Å²) in [4.78, 5) is 9.78. The minimum atomic E-state index is -1.88. The second-order valence-electron chi connectivity index (χ2n) is 12.5. The van der Waals surface area contributed by atoms with Gasteiger partial charge in [-0.2, -0.15) is 5.10 Å². The number of pyridine rings is 2. The first kappa shape index (κ1) is 29.4. The smallest absolute Gasteiger partial charge is 0.192 e. The van der Waals surface area contributed by atoms with Crippen LogP contribution in [0.5, 0.6) is 0 Å².